The Balaban J connectivity index is 1.69. The Morgan fingerprint density at radius 3 is 2.41 bits per heavy atom. The molecule has 1 heterocycles. The third-order valence-corrected chi connectivity index (χ3v) is 5.28. The third-order valence-electron chi connectivity index (χ3n) is 4.11. The quantitative estimate of drug-likeness (QED) is 0.601. The number of rotatable bonds is 7. The van der Waals surface area contributed by atoms with E-state index in [1.807, 2.05) is 30.3 Å². The smallest absolute Gasteiger partial charge is 0.234 e. The molecule has 0 aliphatic rings. The summed E-state index contributed by atoms with van der Waals surface area (Å²) in [5.74, 6) is 0.135. The monoisotopic (exact) mass is 401 g/mol. The normalized spacial score (nSPS) is 10.8. The van der Waals surface area contributed by atoms with E-state index in [2.05, 4.69) is 34.7 Å². The van der Waals surface area contributed by atoms with Crippen molar-refractivity contribution in [1.29, 1.82) is 0 Å². The molecule has 0 aliphatic heterocycles. The summed E-state index contributed by atoms with van der Waals surface area (Å²) in [6.45, 7) is 4.17. The summed E-state index contributed by atoms with van der Waals surface area (Å²) in [6.07, 6.45) is 1.73. The molecule has 0 spiro atoms. The number of nitrogens with zero attached hydrogens (tertiary/aromatic N) is 4. The maximum Gasteiger partial charge on any atom is 0.234 e. The molecule has 1 amide bonds. The largest absolute Gasteiger partial charge is 0.325 e. The van der Waals surface area contributed by atoms with Crippen molar-refractivity contribution < 1.29 is 4.79 Å². The van der Waals surface area contributed by atoms with Gasteiger partial charge in [0, 0.05) is 10.7 Å². The third kappa shape index (κ3) is 4.67. The van der Waals surface area contributed by atoms with Crippen LogP contribution in [0.3, 0.4) is 0 Å². The number of thioether (sulfide) groups is 1. The van der Waals surface area contributed by atoms with Gasteiger partial charge in [0.1, 0.15) is 0 Å². The molecule has 0 fully saturated rings. The van der Waals surface area contributed by atoms with E-state index in [4.69, 9.17) is 11.6 Å². The summed E-state index contributed by atoms with van der Waals surface area (Å²) in [5.41, 5.74) is 3.99. The molecule has 0 atom stereocenters. The van der Waals surface area contributed by atoms with Crippen LogP contribution in [0.25, 0.3) is 5.69 Å². The van der Waals surface area contributed by atoms with Crippen LogP contribution in [0, 0.1) is 0 Å². The Bertz CT molecular complexity index is 904. The lowest BCUT2D eigenvalue weighted by Crippen LogP contribution is -2.17. The SMILES string of the molecule is CCc1cccc(CC)c1NC(=O)CSc1nnnn1-c1ccc(Cl)cc1. The zero-order valence-electron chi connectivity index (χ0n) is 15.1. The fourth-order valence-corrected chi connectivity index (χ4v) is 3.54. The minimum atomic E-state index is -0.0822. The van der Waals surface area contributed by atoms with Gasteiger partial charge >= 0.3 is 0 Å². The van der Waals surface area contributed by atoms with Gasteiger partial charge in [0.05, 0.1) is 11.4 Å². The summed E-state index contributed by atoms with van der Waals surface area (Å²) in [6, 6.07) is 13.3. The highest BCUT2D eigenvalue weighted by atomic mass is 35.5. The van der Waals surface area contributed by atoms with E-state index in [9.17, 15) is 4.79 Å². The number of para-hydroxylation sites is 1. The second-order valence-corrected chi connectivity index (χ2v) is 7.22. The molecule has 1 N–H and O–H groups in total. The average Bonchev–Trinajstić information content (AvgIpc) is 3.15. The highest BCUT2D eigenvalue weighted by molar-refractivity contribution is 7.99. The van der Waals surface area contributed by atoms with E-state index >= 15 is 0 Å². The van der Waals surface area contributed by atoms with Crippen molar-refractivity contribution in [2.24, 2.45) is 0 Å². The molecule has 140 valence electrons. The zero-order valence-corrected chi connectivity index (χ0v) is 16.7. The van der Waals surface area contributed by atoms with Gasteiger partial charge in [-0.25, -0.2) is 0 Å². The molecule has 8 heteroatoms. The summed E-state index contributed by atoms with van der Waals surface area (Å²) >= 11 is 7.21. The number of hydrogen-bond donors (Lipinski definition) is 1. The Morgan fingerprint density at radius 1 is 1.11 bits per heavy atom. The summed E-state index contributed by atoms with van der Waals surface area (Å²) in [7, 11) is 0. The molecule has 0 bridgehead atoms. The zero-order chi connectivity index (χ0) is 19.2. The molecule has 0 saturated carbocycles. The van der Waals surface area contributed by atoms with E-state index in [0.717, 1.165) is 35.3 Å². The van der Waals surface area contributed by atoms with Crippen LogP contribution in [-0.2, 0) is 17.6 Å². The number of anilines is 1. The van der Waals surface area contributed by atoms with E-state index in [0.29, 0.717) is 10.2 Å². The number of hydrogen-bond acceptors (Lipinski definition) is 5. The van der Waals surface area contributed by atoms with Gasteiger partial charge in [-0.1, -0.05) is 55.4 Å². The molecule has 0 aliphatic carbocycles. The maximum atomic E-state index is 12.5. The first kappa shape index (κ1) is 19.4. The van der Waals surface area contributed by atoms with Gasteiger partial charge in [0.15, 0.2) is 0 Å². The van der Waals surface area contributed by atoms with Gasteiger partial charge in [-0.15, -0.1) is 5.10 Å². The van der Waals surface area contributed by atoms with E-state index in [-0.39, 0.29) is 11.7 Å². The number of carbonyl (C=O) groups excluding carboxylic acids is 1. The van der Waals surface area contributed by atoms with Crippen molar-refractivity contribution in [3.05, 3.63) is 58.6 Å². The van der Waals surface area contributed by atoms with Crippen LogP contribution in [0.1, 0.15) is 25.0 Å². The first-order chi connectivity index (χ1) is 13.1. The van der Waals surface area contributed by atoms with Crippen molar-refractivity contribution in [3.8, 4) is 5.69 Å². The lowest BCUT2D eigenvalue weighted by Gasteiger charge is -2.14. The second kappa shape index (κ2) is 9.01. The number of halogens is 1. The van der Waals surface area contributed by atoms with Crippen molar-refractivity contribution in [1.82, 2.24) is 20.2 Å². The highest BCUT2D eigenvalue weighted by Crippen LogP contribution is 2.24. The summed E-state index contributed by atoms with van der Waals surface area (Å²) in [5, 5.41) is 16.0. The van der Waals surface area contributed by atoms with Crippen LogP contribution in [0.5, 0.6) is 0 Å². The molecule has 1 aromatic heterocycles. The van der Waals surface area contributed by atoms with E-state index in [1.165, 1.54) is 11.8 Å². The molecule has 3 rings (SSSR count). The van der Waals surface area contributed by atoms with Crippen LogP contribution in [0.4, 0.5) is 5.69 Å². The van der Waals surface area contributed by atoms with Crippen molar-refractivity contribution >= 4 is 35.0 Å². The first-order valence-electron chi connectivity index (χ1n) is 8.70. The van der Waals surface area contributed by atoms with Crippen LogP contribution < -0.4 is 5.32 Å². The van der Waals surface area contributed by atoms with Gasteiger partial charge < -0.3 is 5.32 Å². The maximum absolute atomic E-state index is 12.5. The Hall–Kier alpha value is -2.38. The lowest BCUT2D eigenvalue weighted by atomic mass is 10.0. The lowest BCUT2D eigenvalue weighted by molar-refractivity contribution is -0.113. The van der Waals surface area contributed by atoms with Crippen molar-refractivity contribution in [2.45, 2.75) is 31.8 Å². The number of nitrogens with one attached hydrogen (secondary N) is 1. The number of tetrazole rings is 1. The molecule has 0 unspecified atom stereocenters. The van der Waals surface area contributed by atoms with Crippen LogP contribution in [0.15, 0.2) is 47.6 Å². The van der Waals surface area contributed by atoms with Crippen LogP contribution in [0.2, 0.25) is 5.02 Å². The minimum Gasteiger partial charge on any atom is -0.325 e. The van der Waals surface area contributed by atoms with Gasteiger partial charge in [0.25, 0.3) is 0 Å². The summed E-state index contributed by atoms with van der Waals surface area (Å²) < 4.78 is 1.59. The van der Waals surface area contributed by atoms with Gasteiger partial charge in [0.2, 0.25) is 11.1 Å². The number of amides is 1. The number of aryl methyl sites for hydroxylation is 2. The fourth-order valence-electron chi connectivity index (χ4n) is 2.72. The Labute approximate surface area is 167 Å². The van der Waals surface area contributed by atoms with Gasteiger partial charge in [-0.05, 0) is 58.7 Å². The molecule has 2 aromatic carbocycles. The van der Waals surface area contributed by atoms with Crippen LogP contribution in [-0.4, -0.2) is 31.9 Å². The fraction of sp³-hybridized carbons (Fsp3) is 0.263. The molecule has 3 aromatic rings. The number of aromatic nitrogens is 4. The van der Waals surface area contributed by atoms with E-state index in [1.54, 1.807) is 16.8 Å². The molecule has 6 nitrogen and oxygen atoms in total. The van der Waals surface area contributed by atoms with Crippen LogP contribution >= 0.6 is 23.4 Å². The topological polar surface area (TPSA) is 72.7 Å². The highest BCUT2D eigenvalue weighted by Gasteiger charge is 2.14. The molecule has 0 radical (unpaired) electrons. The minimum absolute atomic E-state index is 0.0822. The molecule has 0 saturated heterocycles. The Kier molecular flexibility index (Phi) is 6.47. The second-order valence-electron chi connectivity index (χ2n) is 5.84. The number of carbonyl (C=O) groups is 1. The molecular weight excluding hydrogens is 382 g/mol. The Morgan fingerprint density at radius 2 is 1.78 bits per heavy atom. The van der Waals surface area contributed by atoms with Crippen molar-refractivity contribution in [3.63, 3.8) is 0 Å². The molecule has 27 heavy (non-hydrogen) atoms. The average molecular weight is 402 g/mol. The summed E-state index contributed by atoms with van der Waals surface area (Å²) in [4.78, 5) is 12.5. The first-order valence-corrected chi connectivity index (χ1v) is 10.1. The molecular formula is C19H20ClN5OS. The standard InChI is InChI=1S/C19H20ClN5OS/c1-3-13-6-5-7-14(4-2)18(13)21-17(26)12-27-19-22-23-24-25(19)16-10-8-15(20)9-11-16/h5-11H,3-4,12H2,1-2H3,(H,21,26). The predicted octanol–water partition coefficient (Wildman–Crippen LogP) is 4.17. The van der Waals surface area contributed by atoms with Gasteiger partial charge in [-0.3, -0.25) is 4.79 Å². The number of benzene rings is 2. The van der Waals surface area contributed by atoms with Gasteiger partial charge in [-0.2, -0.15) is 4.68 Å². The van der Waals surface area contributed by atoms with E-state index < -0.39 is 0 Å². The van der Waals surface area contributed by atoms with Crippen molar-refractivity contribution in [2.75, 3.05) is 11.1 Å². The predicted molar refractivity (Wildman–Crippen MR) is 109 cm³/mol.